The Kier molecular flexibility index (Phi) is 5.26. The quantitative estimate of drug-likeness (QED) is 0.803. The van der Waals surface area contributed by atoms with E-state index in [0.717, 1.165) is 38.2 Å². The van der Waals surface area contributed by atoms with E-state index >= 15 is 0 Å². The minimum Gasteiger partial charge on any atom is -0.384 e. The molecular formula is C13H18F2N2S. The molecule has 5 heteroatoms. The molecule has 2 N–H and O–H groups in total. The van der Waals surface area contributed by atoms with Gasteiger partial charge in [0.25, 0.3) is 5.76 Å². The van der Waals surface area contributed by atoms with E-state index in [9.17, 15) is 8.78 Å². The van der Waals surface area contributed by atoms with Crippen LogP contribution in [-0.2, 0) is 0 Å². The number of halogens is 2. The van der Waals surface area contributed by atoms with Gasteiger partial charge in [0.15, 0.2) is 0 Å². The van der Waals surface area contributed by atoms with E-state index in [0.29, 0.717) is 22.6 Å². The molecule has 1 aliphatic rings. The van der Waals surface area contributed by atoms with Crippen molar-refractivity contribution in [3.63, 3.8) is 0 Å². The molecule has 0 aliphatic carbocycles. The first kappa shape index (κ1) is 13.6. The van der Waals surface area contributed by atoms with Crippen LogP contribution in [0.3, 0.4) is 0 Å². The smallest absolute Gasteiger partial charge is 0.288 e. The van der Waals surface area contributed by atoms with Crippen molar-refractivity contribution in [1.82, 2.24) is 5.32 Å². The Morgan fingerprint density at radius 1 is 1.28 bits per heavy atom. The molecule has 1 aromatic carbocycles. The zero-order valence-electron chi connectivity index (χ0n) is 10.2. The third kappa shape index (κ3) is 4.14. The van der Waals surface area contributed by atoms with Gasteiger partial charge >= 0.3 is 0 Å². The molecule has 0 saturated carbocycles. The van der Waals surface area contributed by atoms with Crippen LogP contribution in [-0.4, -0.2) is 25.4 Å². The largest absolute Gasteiger partial charge is 0.384 e. The summed E-state index contributed by atoms with van der Waals surface area (Å²) in [6.07, 6.45) is 2.30. The molecule has 0 radical (unpaired) electrons. The van der Waals surface area contributed by atoms with Crippen molar-refractivity contribution < 1.29 is 8.78 Å². The summed E-state index contributed by atoms with van der Waals surface area (Å²) in [5.74, 6) is -1.73. The summed E-state index contributed by atoms with van der Waals surface area (Å²) in [5.41, 5.74) is 0.821. The summed E-state index contributed by atoms with van der Waals surface area (Å²) in [7, 11) is 0. The van der Waals surface area contributed by atoms with Crippen LogP contribution >= 0.6 is 11.8 Å². The lowest BCUT2D eigenvalue weighted by Gasteiger charge is -2.23. The highest BCUT2D eigenvalue weighted by molar-refractivity contribution is 7.99. The number of para-hydroxylation sites is 1. The molecule has 0 bridgehead atoms. The number of thioether (sulfide) groups is 1. The standard InChI is InChI=1S/C13H18F2N2S/c14-13(15)18-12-4-2-1-3-11(12)17-9-10-5-7-16-8-6-10/h1-4,10,13,16-17H,5-9H2. The Labute approximate surface area is 111 Å². The predicted octanol–water partition coefficient (Wildman–Crippen LogP) is 3.41. The maximum Gasteiger partial charge on any atom is 0.288 e. The second-order valence-corrected chi connectivity index (χ2v) is 5.48. The summed E-state index contributed by atoms with van der Waals surface area (Å²) >= 11 is 0.603. The summed E-state index contributed by atoms with van der Waals surface area (Å²) < 4.78 is 24.8. The molecule has 0 atom stereocenters. The Hall–Kier alpha value is -0.810. The fourth-order valence-electron chi connectivity index (χ4n) is 2.15. The molecular weight excluding hydrogens is 254 g/mol. The van der Waals surface area contributed by atoms with Gasteiger partial charge in [0.05, 0.1) is 0 Å². The molecule has 1 saturated heterocycles. The van der Waals surface area contributed by atoms with Gasteiger partial charge in [-0.1, -0.05) is 23.9 Å². The van der Waals surface area contributed by atoms with Gasteiger partial charge in [-0.15, -0.1) is 0 Å². The molecule has 2 rings (SSSR count). The van der Waals surface area contributed by atoms with Crippen molar-refractivity contribution in [2.24, 2.45) is 5.92 Å². The van der Waals surface area contributed by atoms with E-state index in [1.54, 1.807) is 12.1 Å². The molecule has 1 aliphatic heterocycles. The minimum absolute atomic E-state index is 0.603. The fraction of sp³-hybridized carbons (Fsp3) is 0.538. The molecule has 18 heavy (non-hydrogen) atoms. The summed E-state index contributed by atoms with van der Waals surface area (Å²) in [6, 6.07) is 7.27. The lowest BCUT2D eigenvalue weighted by molar-refractivity contribution is 0.252. The normalized spacial score (nSPS) is 17.1. The van der Waals surface area contributed by atoms with Crippen molar-refractivity contribution in [3.05, 3.63) is 24.3 Å². The zero-order chi connectivity index (χ0) is 12.8. The van der Waals surface area contributed by atoms with Crippen molar-refractivity contribution in [2.75, 3.05) is 25.0 Å². The van der Waals surface area contributed by atoms with E-state index in [4.69, 9.17) is 0 Å². The third-order valence-electron chi connectivity index (χ3n) is 3.14. The Morgan fingerprint density at radius 2 is 2.00 bits per heavy atom. The highest BCUT2D eigenvalue weighted by Gasteiger charge is 2.14. The summed E-state index contributed by atoms with van der Waals surface area (Å²) in [4.78, 5) is 0.626. The molecule has 1 fully saturated rings. The first-order chi connectivity index (χ1) is 8.75. The molecule has 0 spiro atoms. The number of hydrogen-bond donors (Lipinski definition) is 2. The summed E-state index contributed by atoms with van der Waals surface area (Å²) in [5, 5.41) is 6.63. The molecule has 0 aromatic heterocycles. The number of rotatable bonds is 5. The molecule has 2 nitrogen and oxygen atoms in total. The summed E-state index contributed by atoms with van der Waals surface area (Å²) in [6.45, 7) is 2.97. The van der Waals surface area contributed by atoms with Gasteiger partial charge in [-0.05, 0) is 44.0 Å². The fourth-order valence-corrected chi connectivity index (χ4v) is 2.77. The molecule has 1 aromatic rings. The van der Waals surface area contributed by atoms with Crippen LogP contribution in [0.4, 0.5) is 14.5 Å². The van der Waals surface area contributed by atoms with E-state index < -0.39 is 5.76 Å². The van der Waals surface area contributed by atoms with Crippen molar-refractivity contribution >= 4 is 17.4 Å². The van der Waals surface area contributed by atoms with Gasteiger partial charge in [0.1, 0.15) is 0 Å². The Bertz CT molecular complexity index is 368. The van der Waals surface area contributed by atoms with Gasteiger partial charge in [-0.3, -0.25) is 0 Å². The van der Waals surface area contributed by atoms with Crippen molar-refractivity contribution in [1.29, 1.82) is 0 Å². The van der Waals surface area contributed by atoms with E-state index in [2.05, 4.69) is 10.6 Å². The van der Waals surface area contributed by atoms with Crippen LogP contribution in [0.5, 0.6) is 0 Å². The zero-order valence-corrected chi connectivity index (χ0v) is 11.0. The third-order valence-corrected chi connectivity index (χ3v) is 3.93. The van der Waals surface area contributed by atoms with Gasteiger partial charge in [0, 0.05) is 17.1 Å². The maximum atomic E-state index is 12.4. The second kappa shape index (κ2) is 6.95. The average molecular weight is 272 g/mol. The van der Waals surface area contributed by atoms with Crippen LogP contribution < -0.4 is 10.6 Å². The highest BCUT2D eigenvalue weighted by Crippen LogP contribution is 2.31. The highest BCUT2D eigenvalue weighted by atomic mass is 32.2. The van der Waals surface area contributed by atoms with Gasteiger partial charge in [0.2, 0.25) is 0 Å². The number of anilines is 1. The number of alkyl halides is 2. The van der Waals surface area contributed by atoms with Crippen LogP contribution in [0.2, 0.25) is 0 Å². The lowest BCUT2D eigenvalue weighted by Crippen LogP contribution is -2.31. The first-order valence-electron chi connectivity index (χ1n) is 6.24. The van der Waals surface area contributed by atoms with Gasteiger partial charge < -0.3 is 10.6 Å². The van der Waals surface area contributed by atoms with Gasteiger partial charge in [-0.2, -0.15) is 8.78 Å². The van der Waals surface area contributed by atoms with Crippen LogP contribution in [0.1, 0.15) is 12.8 Å². The average Bonchev–Trinajstić information content (AvgIpc) is 2.38. The molecule has 100 valence electrons. The Morgan fingerprint density at radius 3 is 2.72 bits per heavy atom. The monoisotopic (exact) mass is 272 g/mol. The van der Waals surface area contributed by atoms with E-state index in [1.165, 1.54) is 0 Å². The minimum atomic E-state index is -2.37. The molecule has 0 unspecified atom stereocenters. The van der Waals surface area contributed by atoms with Crippen molar-refractivity contribution in [3.8, 4) is 0 Å². The number of benzene rings is 1. The Balaban J connectivity index is 1.91. The van der Waals surface area contributed by atoms with Crippen LogP contribution in [0, 0.1) is 5.92 Å². The molecule has 0 amide bonds. The topological polar surface area (TPSA) is 24.1 Å². The maximum absolute atomic E-state index is 12.4. The number of piperidine rings is 1. The molecule has 1 heterocycles. The first-order valence-corrected chi connectivity index (χ1v) is 7.12. The van der Waals surface area contributed by atoms with Gasteiger partial charge in [-0.25, -0.2) is 0 Å². The van der Waals surface area contributed by atoms with Crippen LogP contribution in [0.15, 0.2) is 29.2 Å². The van der Waals surface area contributed by atoms with Crippen LogP contribution in [0.25, 0.3) is 0 Å². The second-order valence-electron chi connectivity index (χ2n) is 4.45. The number of nitrogens with one attached hydrogen (secondary N) is 2. The SMILES string of the molecule is FC(F)Sc1ccccc1NCC1CCNCC1. The van der Waals surface area contributed by atoms with E-state index in [-0.39, 0.29) is 0 Å². The number of hydrogen-bond acceptors (Lipinski definition) is 3. The predicted molar refractivity (Wildman–Crippen MR) is 72.4 cm³/mol. The van der Waals surface area contributed by atoms with Crippen molar-refractivity contribution in [2.45, 2.75) is 23.5 Å². The van der Waals surface area contributed by atoms with E-state index in [1.807, 2.05) is 12.1 Å². The lowest BCUT2D eigenvalue weighted by atomic mass is 9.98.